The van der Waals surface area contributed by atoms with E-state index in [1.54, 1.807) is 0 Å². The van der Waals surface area contributed by atoms with Crippen LogP contribution in [0.5, 0.6) is 0 Å². The number of hydrogen-bond donors (Lipinski definition) is 1. The van der Waals surface area contributed by atoms with Crippen LogP contribution >= 0.6 is 11.6 Å². The minimum Gasteiger partial charge on any atom is -0.479 e. The zero-order valence-electron chi connectivity index (χ0n) is 7.01. The van der Waals surface area contributed by atoms with E-state index in [0.717, 1.165) is 6.07 Å². The molecule has 0 aliphatic rings. The zero-order valence-corrected chi connectivity index (χ0v) is 7.76. The number of rotatable bonds is 3. The van der Waals surface area contributed by atoms with Crippen molar-refractivity contribution in [3.8, 4) is 0 Å². The molecule has 0 aromatic heterocycles. The first-order valence-electron chi connectivity index (χ1n) is 3.81. The maximum atomic E-state index is 13.0. The van der Waals surface area contributed by atoms with Crippen LogP contribution < -0.4 is 0 Å². The van der Waals surface area contributed by atoms with Crippen LogP contribution in [-0.2, 0) is 11.2 Å². The van der Waals surface area contributed by atoms with Gasteiger partial charge in [-0.2, -0.15) is 0 Å². The molecular weight excluding hydrogens is 214 g/mol. The molecule has 14 heavy (non-hydrogen) atoms. The first kappa shape index (κ1) is 10.9. The molecule has 5 heteroatoms. The molecule has 0 bridgehead atoms. The van der Waals surface area contributed by atoms with Crippen molar-refractivity contribution in [2.24, 2.45) is 0 Å². The molecular formula is C9H7ClF2O2. The Bertz CT molecular complexity index is 355. The summed E-state index contributed by atoms with van der Waals surface area (Å²) in [5.74, 6) is -2.26. The molecule has 1 rings (SSSR count). The van der Waals surface area contributed by atoms with E-state index in [2.05, 4.69) is 0 Å². The van der Waals surface area contributed by atoms with Crippen molar-refractivity contribution in [2.75, 3.05) is 0 Å². The summed E-state index contributed by atoms with van der Waals surface area (Å²) >= 11 is 5.54. The lowest BCUT2D eigenvalue weighted by Gasteiger charge is -2.04. The first-order valence-corrected chi connectivity index (χ1v) is 4.19. The lowest BCUT2D eigenvalue weighted by molar-refractivity contribution is -0.142. The van der Waals surface area contributed by atoms with Gasteiger partial charge in [0.2, 0.25) is 6.17 Å². The van der Waals surface area contributed by atoms with Gasteiger partial charge in [-0.1, -0.05) is 11.6 Å². The van der Waals surface area contributed by atoms with Crippen molar-refractivity contribution >= 4 is 17.6 Å². The highest BCUT2D eigenvalue weighted by molar-refractivity contribution is 6.30. The van der Waals surface area contributed by atoms with Crippen molar-refractivity contribution in [1.29, 1.82) is 0 Å². The Hall–Kier alpha value is -1.16. The summed E-state index contributed by atoms with van der Waals surface area (Å²) in [4.78, 5) is 10.2. The number of alkyl halides is 1. The Kier molecular flexibility index (Phi) is 3.41. The van der Waals surface area contributed by atoms with Crippen LogP contribution in [0.2, 0.25) is 5.02 Å². The second-order valence-corrected chi connectivity index (χ2v) is 3.18. The topological polar surface area (TPSA) is 37.3 Å². The van der Waals surface area contributed by atoms with Gasteiger partial charge in [0.1, 0.15) is 5.82 Å². The van der Waals surface area contributed by atoms with Gasteiger partial charge < -0.3 is 5.11 Å². The predicted molar refractivity (Wildman–Crippen MR) is 47.6 cm³/mol. The lowest BCUT2D eigenvalue weighted by Crippen LogP contribution is -2.17. The average Bonchev–Trinajstić information content (AvgIpc) is 2.11. The number of carboxylic acids is 1. The fraction of sp³-hybridized carbons (Fsp3) is 0.222. The highest BCUT2D eigenvalue weighted by Gasteiger charge is 2.18. The van der Waals surface area contributed by atoms with E-state index in [-0.39, 0.29) is 10.6 Å². The van der Waals surface area contributed by atoms with E-state index >= 15 is 0 Å². The summed E-state index contributed by atoms with van der Waals surface area (Å²) in [7, 11) is 0. The third-order valence-corrected chi connectivity index (χ3v) is 1.91. The Morgan fingerprint density at radius 2 is 2.21 bits per heavy atom. The van der Waals surface area contributed by atoms with Gasteiger partial charge in [-0.3, -0.25) is 0 Å². The molecule has 1 aromatic rings. The maximum absolute atomic E-state index is 13.0. The molecule has 0 radical (unpaired) electrons. The minimum atomic E-state index is -2.11. The number of halogens is 3. The monoisotopic (exact) mass is 220 g/mol. The summed E-state index contributed by atoms with van der Waals surface area (Å²) in [5, 5.41) is 8.52. The van der Waals surface area contributed by atoms with Gasteiger partial charge in [0.25, 0.3) is 0 Å². The van der Waals surface area contributed by atoms with Crippen LogP contribution in [0.15, 0.2) is 18.2 Å². The standard InChI is InChI=1S/C9H7ClF2O2/c10-6-1-2-7(11)5(3-6)4-8(12)9(13)14/h1-3,8H,4H2,(H,13,14)/t8-/m0/s1. The number of aliphatic carboxylic acids is 1. The molecule has 1 aromatic carbocycles. The fourth-order valence-corrected chi connectivity index (χ4v) is 1.17. The number of carboxylic acid groups (broad SMARTS) is 1. The SMILES string of the molecule is O=C(O)[C@@H](F)Cc1cc(Cl)ccc1F. The van der Waals surface area contributed by atoms with Gasteiger partial charge in [0.05, 0.1) is 0 Å². The summed E-state index contributed by atoms with van der Waals surface area (Å²) in [6.07, 6.45) is -2.62. The van der Waals surface area contributed by atoms with Gasteiger partial charge in [0, 0.05) is 11.4 Å². The second-order valence-electron chi connectivity index (χ2n) is 2.75. The molecule has 0 saturated heterocycles. The molecule has 0 aliphatic heterocycles. The third-order valence-electron chi connectivity index (χ3n) is 1.67. The van der Waals surface area contributed by atoms with E-state index in [1.807, 2.05) is 0 Å². The molecule has 0 amide bonds. The highest BCUT2D eigenvalue weighted by atomic mass is 35.5. The summed E-state index contributed by atoms with van der Waals surface area (Å²) in [6, 6.07) is 3.60. The van der Waals surface area contributed by atoms with Crippen molar-refractivity contribution < 1.29 is 18.7 Å². The van der Waals surface area contributed by atoms with Crippen molar-refractivity contribution in [2.45, 2.75) is 12.6 Å². The largest absolute Gasteiger partial charge is 0.479 e. The van der Waals surface area contributed by atoms with Crippen molar-refractivity contribution in [3.05, 3.63) is 34.6 Å². The molecule has 2 nitrogen and oxygen atoms in total. The smallest absolute Gasteiger partial charge is 0.338 e. The van der Waals surface area contributed by atoms with E-state index in [9.17, 15) is 13.6 Å². The Labute approximate surface area is 84.1 Å². The molecule has 0 saturated carbocycles. The van der Waals surface area contributed by atoms with Gasteiger partial charge in [-0.15, -0.1) is 0 Å². The van der Waals surface area contributed by atoms with Crippen molar-refractivity contribution in [3.63, 3.8) is 0 Å². The van der Waals surface area contributed by atoms with Gasteiger partial charge in [-0.05, 0) is 23.8 Å². The number of hydrogen-bond acceptors (Lipinski definition) is 1. The summed E-state index contributed by atoms with van der Waals surface area (Å²) in [5.41, 5.74) is -0.0348. The van der Waals surface area contributed by atoms with Gasteiger partial charge >= 0.3 is 5.97 Å². The molecule has 0 spiro atoms. The first-order chi connectivity index (χ1) is 6.50. The molecule has 0 unspecified atom stereocenters. The fourth-order valence-electron chi connectivity index (χ4n) is 0.980. The molecule has 0 fully saturated rings. The minimum absolute atomic E-state index is 0.0348. The summed E-state index contributed by atoms with van der Waals surface area (Å²) in [6.45, 7) is 0. The Morgan fingerprint density at radius 1 is 1.57 bits per heavy atom. The van der Waals surface area contributed by atoms with E-state index in [4.69, 9.17) is 16.7 Å². The van der Waals surface area contributed by atoms with E-state index in [0.29, 0.717) is 0 Å². The molecule has 1 N–H and O–H groups in total. The zero-order chi connectivity index (χ0) is 10.7. The number of carbonyl (C=O) groups is 1. The Morgan fingerprint density at radius 3 is 2.79 bits per heavy atom. The van der Waals surface area contributed by atoms with Crippen LogP contribution in [0, 0.1) is 5.82 Å². The molecule has 0 aliphatic carbocycles. The van der Waals surface area contributed by atoms with E-state index < -0.39 is 24.4 Å². The maximum Gasteiger partial charge on any atom is 0.338 e. The predicted octanol–water partition coefficient (Wildman–Crippen LogP) is 2.44. The van der Waals surface area contributed by atoms with Crippen LogP contribution in [0.4, 0.5) is 8.78 Å². The van der Waals surface area contributed by atoms with Gasteiger partial charge in [-0.25, -0.2) is 13.6 Å². The lowest BCUT2D eigenvalue weighted by atomic mass is 10.1. The third kappa shape index (κ3) is 2.67. The molecule has 0 heterocycles. The van der Waals surface area contributed by atoms with Crippen LogP contribution in [0.25, 0.3) is 0 Å². The molecule has 76 valence electrons. The average molecular weight is 221 g/mol. The second kappa shape index (κ2) is 4.37. The normalized spacial score (nSPS) is 12.5. The van der Waals surface area contributed by atoms with Crippen molar-refractivity contribution in [1.82, 2.24) is 0 Å². The molecule has 1 atom stereocenters. The quantitative estimate of drug-likeness (QED) is 0.850. The van der Waals surface area contributed by atoms with Crippen LogP contribution in [0.3, 0.4) is 0 Å². The number of benzene rings is 1. The highest BCUT2D eigenvalue weighted by Crippen LogP contribution is 2.17. The van der Waals surface area contributed by atoms with E-state index in [1.165, 1.54) is 12.1 Å². The summed E-state index contributed by atoms with van der Waals surface area (Å²) < 4.78 is 25.7. The van der Waals surface area contributed by atoms with Crippen LogP contribution in [-0.4, -0.2) is 17.2 Å². The van der Waals surface area contributed by atoms with Gasteiger partial charge in [0.15, 0.2) is 0 Å². The van der Waals surface area contributed by atoms with Crippen LogP contribution in [0.1, 0.15) is 5.56 Å². The Balaban J connectivity index is 2.85.